The second kappa shape index (κ2) is 6.44. The van der Waals surface area contributed by atoms with Crippen LogP contribution in [0.5, 0.6) is 5.75 Å². The number of nitrogens with one attached hydrogen (secondary N) is 1. The Hall–Kier alpha value is -2.29. The molecule has 0 heterocycles. The van der Waals surface area contributed by atoms with E-state index in [1.54, 1.807) is 0 Å². The van der Waals surface area contributed by atoms with Gasteiger partial charge in [-0.15, -0.1) is 0 Å². The van der Waals surface area contributed by atoms with Crippen LogP contribution in [0.15, 0.2) is 36.4 Å². The fourth-order valence-electron chi connectivity index (χ4n) is 2.02. The van der Waals surface area contributed by atoms with Gasteiger partial charge in [-0.25, -0.2) is 0 Å². The molecule has 0 unspecified atom stereocenters. The number of amides is 1. The molecule has 0 saturated carbocycles. The van der Waals surface area contributed by atoms with Crippen molar-refractivity contribution in [2.45, 2.75) is 27.7 Å². The minimum absolute atomic E-state index is 0.0111. The Morgan fingerprint density at radius 1 is 0.952 bits per heavy atom. The lowest BCUT2D eigenvalue weighted by Gasteiger charge is -2.11. The highest BCUT2D eigenvalue weighted by atomic mass is 16.5. The number of benzene rings is 2. The smallest absolute Gasteiger partial charge is 0.262 e. The molecule has 0 aliphatic carbocycles. The van der Waals surface area contributed by atoms with E-state index in [4.69, 9.17) is 4.74 Å². The zero-order valence-electron chi connectivity index (χ0n) is 13.0. The molecular formula is C18H21NO2. The molecule has 0 bridgehead atoms. The first-order chi connectivity index (χ1) is 9.95. The topological polar surface area (TPSA) is 38.3 Å². The van der Waals surface area contributed by atoms with Crippen LogP contribution in [0.4, 0.5) is 5.69 Å². The van der Waals surface area contributed by atoms with Crippen LogP contribution in [-0.4, -0.2) is 12.5 Å². The lowest BCUT2D eigenvalue weighted by molar-refractivity contribution is -0.118. The predicted molar refractivity (Wildman–Crippen MR) is 86.0 cm³/mol. The normalized spacial score (nSPS) is 10.3. The Balaban J connectivity index is 1.95. The first kappa shape index (κ1) is 15.1. The number of carbonyl (C=O) groups excluding carboxylic acids is 1. The Morgan fingerprint density at radius 2 is 1.67 bits per heavy atom. The quantitative estimate of drug-likeness (QED) is 0.923. The van der Waals surface area contributed by atoms with Crippen molar-refractivity contribution >= 4 is 11.6 Å². The van der Waals surface area contributed by atoms with Crippen molar-refractivity contribution < 1.29 is 9.53 Å². The van der Waals surface area contributed by atoms with Crippen LogP contribution in [0.1, 0.15) is 22.3 Å². The van der Waals surface area contributed by atoms with Gasteiger partial charge in [0.25, 0.3) is 5.91 Å². The van der Waals surface area contributed by atoms with Crippen LogP contribution in [0.2, 0.25) is 0 Å². The summed E-state index contributed by atoms with van der Waals surface area (Å²) >= 11 is 0. The molecule has 0 atom stereocenters. The molecule has 0 aromatic heterocycles. The molecule has 21 heavy (non-hydrogen) atoms. The number of rotatable bonds is 4. The van der Waals surface area contributed by atoms with Crippen molar-refractivity contribution in [3.63, 3.8) is 0 Å². The van der Waals surface area contributed by atoms with E-state index in [-0.39, 0.29) is 12.5 Å². The molecule has 0 saturated heterocycles. The average Bonchev–Trinajstić information content (AvgIpc) is 2.44. The maximum absolute atomic E-state index is 11.9. The minimum Gasteiger partial charge on any atom is -0.483 e. The summed E-state index contributed by atoms with van der Waals surface area (Å²) in [6.45, 7) is 8.05. The van der Waals surface area contributed by atoms with Crippen molar-refractivity contribution in [3.8, 4) is 5.75 Å². The number of hydrogen-bond donors (Lipinski definition) is 1. The third-order valence-corrected chi connectivity index (χ3v) is 3.49. The first-order valence-electron chi connectivity index (χ1n) is 7.03. The second-order valence-corrected chi connectivity index (χ2v) is 5.40. The van der Waals surface area contributed by atoms with Gasteiger partial charge >= 0.3 is 0 Å². The maximum Gasteiger partial charge on any atom is 0.262 e. The molecule has 0 aliphatic rings. The van der Waals surface area contributed by atoms with Gasteiger partial charge in [0.15, 0.2) is 6.61 Å². The summed E-state index contributed by atoms with van der Waals surface area (Å²) in [5, 5.41) is 2.85. The summed E-state index contributed by atoms with van der Waals surface area (Å²) < 4.78 is 5.59. The first-order valence-corrected chi connectivity index (χ1v) is 7.03. The summed E-state index contributed by atoms with van der Waals surface area (Å²) in [6.07, 6.45) is 0. The summed E-state index contributed by atoms with van der Waals surface area (Å²) in [6, 6.07) is 11.8. The van der Waals surface area contributed by atoms with E-state index in [9.17, 15) is 4.79 Å². The van der Waals surface area contributed by atoms with Crippen molar-refractivity contribution in [3.05, 3.63) is 58.7 Å². The predicted octanol–water partition coefficient (Wildman–Crippen LogP) is 3.94. The van der Waals surface area contributed by atoms with Crippen molar-refractivity contribution in [2.75, 3.05) is 11.9 Å². The lowest BCUT2D eigenvalue weighted by Crippen LogP contribution is -2.20. The molecule has 110 valence electrons. The summed E-state index contributed by atoms with van der Waals surface area (Å²) in [5.41, 5.74) is 5.31. The fourth-order valence-corrected chi connectivity index (χ4v) is 2.02. The van der Waals surface area contributed by atoms with Crippen LogP contribution < -0.4 is 10.1 Å². The fraction of sp³-hybridized carbons (Fsp3) is 0.278. The molecule has 0 fully saturated rings. The second-order valence-electron chi connectivity index (χ2n) is 5.40. The molecule has 1 N–H and O–H groups in total. The SMILES string of the molecule is Cc1ccc(C)c(OCC(=O)Nc2ccc(C)c(C)c2)c1. The van der Waals surface area contributed by atoms with Gasteiger partial charge in [-0.1, -0.05) is 18.2 Å². The van der Waals surface area contributed by atoms with E-state index in [1.165, 1.54) is 5.56 Å². The highest BCUT2D eigenvalue weighted by Crippen LogP contribution is 2.19. The largest absolute Gasteiger partial charge is 0.483 e. The number of carbonyl (C=O) groups is 1. The number of anilines is 1. The van der Waals surface area contributed by atoms with E-state index in [2.05, 4.69) is 5.32 Å². The van der Waals surface area contributed by atoms with E-state index in [1.807, 2.05) is 64.1 Å². The summed E-state index contributed by atoms with van der Waals surface area (Å²) in [7, 11) is 0. The van der Waals surface area contributed by atoms with Gasteiger partial charge in [0.1, 0.15) is 5.75 Å². The van der Waals surface area contributed by atoms with Crippen molar-refractivity contribution in [2.24, 2.45) is 0 Å². The van der Waals surface area contributed by atoms with Gasteiger partial charge in [0, 0.05) is 5.69 Å². The monoisotopic (exact) mass is 283 g/mol. The zero-order chi connectivity index (χ0) is 15.4. The minimum atomic E-state index is -0.154. The maximum atomic E-state index is 11.9. The number of hydrogen-bond acceptors (Lipinski definition) is 2. The Bertz CT molecular complexity index is 662. The summed E-state index contributed by atoms with van der Waals surface area (Å²) in [4.78, 5) is 11.9. The van der Waals surface area contributed by atoms with E-state index in [0.29, 0.717) is 0 Å². The highest BCUT2D eigenvalue weighted by Gasteiger charge is 2.06. The third kappa shape index (κ3) is 4.09. The molecule has 3 heteroatoms. The van der Waals surface area contributed by atoms with Gasteiger partial charge in [-0.3, -0.25) is 4.79 Å². The van der Waals surface area contributed by atoms with Crippen LogP contribution >= 0.6 is 0 Å². The zero-order valence-corrected chi connectivity index (χ0v) is 13.0. The van der Waals surface area contributed by atoms with Gasteiger partial charge < -0.3 is 10.1 Å². The molecule has 3 nitrogen and oxygen atoms in total. The van der Waals surface area contributed by atoms with E-state index >= 15 is 0 Å². The van der Waals surface area contributed by atoms with Gasteiger partial charge in [-0.2, -0.15) is 0 Å². The van der Waals surface area contributed by atoms with Crippen LogP contribution in [-0.2, 0) is 4.79 Å². The van der Waals surface area contributed by atoms with Gasteiger partial charge in [0.2, 0.25) is 0 Å². The molecule has 0 radical (unpaired) electrons. The van der Waals surface area contributed by atoms with Gasteiger partial charge in [0.05, 0.1) is 0 Å². The average molecular weight is 283 g/mol. The Labute approximate surface area is 126 Å². The molecule has 1 amide bonds. The van der Waals surface area contributed by atoms with Crippen LogP contribution in [0, 0.1) is 27.7 Å². The van der Waals surface area contributed by atoms with Crippen LogP contribution in [0.3, 0.4) is 0 Å². The third-order valence-electron chi connectivity index (χ3n) is 3.49. The van der Waals surface area contributed by atoms with Gasteiger partial charge in [-0.05, 0) is 68.1 Å². The highest BCUT2D eigenvalue weighted by molar-refractivity contribution is 5.92. The van der Waals surface area contributed by atoms with E-state index < -0.39 is 0 Å². The number of aryl methyl sites for hydroxylation is 4. The van der Waals surface area contributed by atoms with Crippen molar-refractivity contribution in [1.29, 1.82) is 0 Å². The summed E-state index contributed by atoms with van der Waals surface area (Å²) in [5.74, 6) is 0.601. The molecule has 2 aromatic rings. The molecule has 0 spiro atoms. The Morgan fingerprint density at radius 3 is 2.38 bits per heavy atom. The van der Waals surface area contributed by atoms with Crippen molar-refractivity contribution in [1.82, 2.24) is 0 Å². The molecule has 2 rings (SSSR count). The molecular weight excluding hydrogens is 262 g/mol. The molecule has 0 aliphatic heterocycles. The molecule has 2 aromatic carbocycles. The standard InChI is InChI=1S/C18H21NO2/c1-12-5-6-14(3)17(9-12)21-11-18(20)19-16-8-7-13(2)15(4)10-16/h5-10H,11H2,1-4H3,(H,19,20). The van der Waals surface area contributed by atoms with Crippen LogP contribution in [0.25, 0.3) is 0 Å². The Kier molecular flexibility index (Phi) is 4.63. The van der Waals surface area contributed by atoms with E-state index in [0.717, 1.165) is 28.1 Å². The lowest BCUT2D eigenvalue weighted by atomic mass is 10.1. The number of ether oxygens (including phenoxy) is 1.